The zero-order valence-corrected chi connectivity index (χ0v) is 15.1. The number of hydrogen-bond donors (Lipinski definition) is 3. The molecule has 0 aliphatic heterocycles. The van der Waals surface area contributed by atoms with Crippen molar-refractivity contribution in [2.75, 3.05) is 0 Å². The Hall–Kier alpha value is -3.63. The fraction of sp³-hybridized carbons (Fsp3) is 0. The Bertz CT molecular complexity index is 1230. The summed E-state index contributed by atoms with van der Waals surface area (Å²) in [5, 5.41) is 20.5. The Morgan fingerprint density at radius 2 is 1.36 bits per heavy atom. The molecule has 2 aromatic carbocycles. The first kappa shape index (κ1) is 17.8. The molecule has 9 nitrogen and oxygen atoms in total. The number of H-pyrrole nitrogens is 2. The van der Waals surface area contributed by atoms with Crippen LogP contribution in [0.2, 0.25) is 0 Å². The van der Waals surface area contributed by atoms with Gasteiger partial charge in [0.2, 0.25) is 0 Å². The largest absolute Gasteiger partial charge is 0.295 e. The molecule has 0 spiro atoms. The van der Waals surface area contributed by atoms with E-state index in [1.807, 2.05) is 24.3 Å². The zero-order valence-electron chi connectivity index (χ0n) is 14.3. The molecule has 0 bridgehead atoms. The molecule has 2 heterocycles. The minimum Gasteiger partial charge on any atom is -0.282 e. The number of aromatic amines is 2. The first-order valence-electron chi connectivity index (χ1n) is 8.14. The summed E-state index contributed by atoms with van der Waals surface area (Å²) in [6, 6.07) is 12.3. The van der Waals surface area contributed by atoms with E-state index in [1.54, 1.807) is 36.5 Å². The third-order valence-corrected chi connectivity index (χ3v) is 5.06. The molecule has 0 saturated carbocycles. The summed E-state index contributed by atoms with van der Waals surface area (Å²) in [5.74, 6) is 0. The average molecular weight is 394 g/mol. The molecule has 2 aromatic heterocycles. The SMILES string of the molecule is O=S(=O)(O)c1c(/C=C/c2ccccc2-c2cn[nH]n2)cccc1-c1cn[nH]n1. The second-order valence-corrected chi connectivity index (χ2v) is 7.19. The summed E-state index contributed by atoms with van der Waals surface area (Å²) in [6.45, 7) is 0. The lowest BCUT2D eigenvalue weighted by molar-refractivity contribution is 0.483. The van der Waals surface area contributed by atoms with Gasteiger partial charge in [0.1, 0.15) is 16.3 Å². The van der Waals surface area contributed by atoms with Crippen LogP contribution in [-0.4, -0.2) is 43.8 Å². The average Bonchev–Trinajstić information content (AvgIpc) is 3.39. The van der Waals surface area contributed by atoms with Gasteiger partial charge < -0.3 is 0 Å². The van der Waals surface area contributed by atoms with Gasteiger partial charge in [-0.15, -0.1) is 0 Å². The van der Waals surface area contributed by atoms with Crippen molar-refractivity contribution in [3.63, 3.8) is 0 Å². The number of hydrogen-bond acceptors (Lipinski definition) is 6. The monoisotopic (exact) mass is 394 g/mol. The van der Waals surface area contributed by atoms with E-state index in [4.69, 9.17) is 0 Å². The lowest BCUT2D eigenvalue weighted by Gasteiger charge is -2.08. The molecule has 0 radical (unpaired) electrons. The highest BCUT2D eigenvalue weighted by Gasteiger charge is 2.21. The van der Waals surface area contributed by atoms with Crippen molar-refractivity contribution in [1.82, 2.24) is 30.8 Å². The van der Waals surface area contributed by atoms with Gasteiger partial charge in [0.15, 0.2) is 0 Å². The van der Waals surface area contributed by atoms with Crippen LogP contribution >= 0.6 is 0 Å². The molecule has 4 aromatic rings. The van der Waals surface area contributed by atoms with E-state index < -0.39 is 10.1 Å². The molecular formula is C18H14N6O3S. The summed E-state index contributed by atoms with van der Waals surface area (Å²) < 4.78 is 34.0. The van der Waals surface area contributed by atoms with Gasteiger partial charge in [0.05, 0.1) is 12.4 Å². The van der Waals surface area contributed by atoms with Gasteiger partial charge in [-0.3, -0.25) is 4.55 Å². The summed E-state index contributed by atoms with van der Waals surface area (Å²) in [5.41, 5.74) is 3.18. The molecule has 4 rings (SSSR count). The molecule has 3 N–H and O–H groups in total. The van der Waals surface area contributed by atoms with E-state index in [-0.39, 0.29) is 10.5 Å². The fourth-order valence-corrected chi connectivity index (χ4v) is 3.78. The van der Waals surface area contributed by atoms with Crippen LogP contribution in [0.5, 0.6) is 0 Å². The van der Waals surface area contributed by atoms with E-state index >= 15 is 0 Å². The first-order chi connectivity index (χ1) is 13.5. The number of benzene rings is 2. The van der Waals surface area contributed by atoms with Crippen molar-refractivity contribution in [2.45, 2.75) is 4.90 Å². The zero-order chi connectivity index (χ0) is 19.6. The molecule has 0 saturated heterocycles. The third kappa shape index (κ3) is 3.46. The van der Waals surface area contributed by atoms with Crippen molar-refractivity contribution >= 4 is 22.3 Å². The van der Waals surface area contributed by atoms with Crippen LogP contribution in [0.15, 0.2) is 59.8 Å². The van der Waals surface area contributed by atoms with Crippen LogP contribution in [0.1, 0.15) is 11.1 Å². The highest BCUT2D eigenvalue weighted by Crippen LogP contribution is 2.30. The first-order valence-corrected chi connectivity index (χ1v) is 9.58. The Morgan fingerprint density at radius 3 is 2.00 bits per heavy atom. The Kier molecular flexibility index (Phi) is 4.55. The molecule has 0 unspecified atom stereocenters. The van der Waals surface area contributed by atoms with E-state index in [9.17, 15) is 13.0 Å². The standard InChI is InChI=1S/C18H14N6O3S/c25-28(26,27)18-13(5-3-7-15(18)17-11-20-24-22-17)9-8-12-4-1-2-6-14(12)16-10-19-23-21-16/h1-11H,(H,19,21,23)(H,20,22,24)(H,25,26,27)/b9-8+. The minimum atomic E-state index is -4.51. The van der Waals surface area contributed by atoms with Crippen LogP contribution in [0.3, 0.4) is 0 Å². The maximum atomic E-state index is 12.1. The van der Waals surface area contributed by atoms with Gasteiger partial charge in [-0.1, -0.05) is 54.6 Å². The maximum absolute atomic E-state index is 12.1. The molecule has 140 valence electrons. The van der Waals surface area contributed by atoms with Crippen LogP contribution in [0.4, 0.5) is 0 Å². The highest BCUT2D eigenvalue weighted by atomic mass is 32.2. The smallest absolute Gasteiger partial charge is 0.282 e. The summed E-state index contributed by atoms with van der Waals surface area (Å²) in [4.78, 5) is -0.237. The van der Waals surface area contributed by atoms with Crippen molar-refractivity contribution in [2.24, 2.45) is 0 Å². The molecule has 28 heavy (non-hydrogen) atoms. The molecule has 0 atom stereocenters. The second kappa shape index (κ2) is 7.18. The highest BCUT2D eigenvalue weighted by molar-refractivity contribution is 7.86. The van der Waals surface area contributed by atoms with E-state index in [1.165, 1.54) is 6.20 Å². The predicted octanol–water partition coefficient (Wildman–Crippen LogP) is 2.67. The fourth-order valence-electron chi connectivity index (χ4n) is 2.89. The van der Waals surface area contributed by atoms with Gasteiger partial charge in [0, 0.05) is 11.1 Å². The normalized spacial score (nSPS) is 11.9. The van der Waals surface area contributed by atoms with Gasteiger partial charge in [-0.05, 0) is 11.1 Å². The summed E-state index contributed by atoms with van der Waals surface area (Å²) in [7, 11) is -4.51. The van der Waals surface area contributed by atoms with Crippen LogP contribution in [0.25, 0.3) is 34.7 Å². The van der Waals surface area contributed by atoms with Gasteiger partial charge in [-0.2, -0.15) is 39.2 Å². The lowest BCUT2D eigenvalue weighted by atomic mass is 10.0. The van der Waals surface area contributed by atoms with Crippen molar-refractivity contribution in [3.8, 4) is 22.5 Å². The van der Waals surface area contributed by atoms with Crippen LogP contribution in [-0.2, 0) is 10.1 Å². The Balaban J connectivity index is 1.83. The maximum Gasteiger partial charge on any atom is 0.295 e. The van der Waals surface area contributed by atoms with E-state index in [2.05, 4.69) is 30.8 Å². The van der Waals surface area contributed by atoms with Crippen molar-refractivity contribution < 1.29 is 13.0 Å². The van der Waals surface area contributed by atoms with Crippen LogP contribution < -0.4 is 0 Å². The Morgan fingerprint density at radius 1 is 0.786 bits per heavy atom. The minimum absolute atomic E-state index is 0.237. The van der Waals surface area contributed by atoms with E-state index in [0.717, 1.165) is 11.1 Å². The van der Waals surface area contributed by atoms with Gasteiger partial charge >= 0.3 is 0 Å². The van der Waals surface area contributed by atoms with Gasteiger partial charge in [0.25, 0.3) is 10.1 Å². The Labute approximate surface area is 159 Å². The molecule has 0 aliphatic rings. The summed E-state index contributed by atoms with van der Waals surface area (Å²) >= 11 is 0. The quantitative estimate of drug-likeness (QED) is 0.349. The molecule has 10 heteroatoms. The lowest BCUT2D eigenvalue weighted by Crippen LogP contribution is -2.04. The number of aromatic nitrogens is 6. The molecular weight excluding hydrogens is 380 g/mol. The van der Waals surface area contributed by atoms with Crippen molar-refractivity contribution in [1.29, 1.82) is 0 Å². The number of nitrogens with one attached hydrogen (secondary N) is 2. The number of rotatable bonds is 5. The summed E-state index contributed by atoms with van der Waals surface area (Å²) in [6.07, 6.45) is 6.35. The third-order valence-electron chi connectivity index (χ3n) is 4.09. The molecule has 0 aliphatic carbocycles. The predicted molar refractivity (Wildman–Crippen MR) is 102 cm³/mol. The molecule has 0 amide bonds. The van der Waals surface area contributed by atoms with E-state index in [0.29, 0.717) is 17.0 Å². The topological polar surface area (TPSA) is 138 Å². The molecule has 0 fully saturated rings. The van der Waals surface area contributed by atoms with Gasteiger partial charge in [-0.25, -0.2) is 0 Å². The number of nitrogens with zero attached hydrogens (tertiary/aromatic N) is 4. The van der Waals surface area contributed by atoms with Crippen molar-refractivity contribution in [3.05, 3.63) is 66.0 Å². The van der Waals surface area contributed by atoms with Crippen LogP contribution in [0, 0.1) is 0 Å². The second-order valence-electron chi connectivity index (χ2n) is 5.83.